The van der Waals surface area contributed by atoms with E-state index in [1.807, 2.05) is 0 Å². The molecule has 1 aromatic heterocycles. The van der Waals surface area contributed by atoms with E-state index in [0.29, 0.717) is 21.3 Å². The van der Waals surface area contributed by atoms with Crippen molar-refractivity contribution in [2.45, 2.75) is 13.5 Å². The highest BCUT2D eigenvalue weighted by molar-refractivity contribution is 7.13. The zero-order chi connectivity index (χ0) is 14.7. The van der Waals surface area contributed by atoms with Crippen molar-refractivity contribution in [1.29, 1.82) is 0 Å². The molecule has 0 bridgehead atoms. The van der Waals surface area contributed by atoms with E-state index in [4.69, 9.17) is 16.7 Å². The zero-order valence-electron chi connectivity index (χ0n) is 10.5. The van der Waals surface area contributed by atoms with Crippen molar-refractivity contribution < 1.29 is 14.7 Å². The molecule has 7 heteroatoms. The number of carboxylic acid groups (broad SMARTS) is 1. The lowest BCUT2D eigenvalue weighted by atomic mass is 10.2. The van der Waals surface area contributed by atoms with Crippen LogP contribution in [0.25, 0.3) is 0 Å². The molecule has 0 atom stereocenters. The molecule has 0 fully saturated rings. The molecule has 5 nitrogen and oxygen atoms in total. The molecule has 1 amide bonds. The smallest absolute Gasteiger partial charge is 0.347 e. The van der Waals surface area contributed by atoms with Crippen molar-refractivity contribution in [2.24, 2.45) is 0 Å². The third-order valence-corrected chi connectivity index (χ3v) is 4.03. The van der Waals surface area contributed by atoms with E-state index in [1.54, 1.807) is 31.2 Å². The average Bonchev–Trinajstić information content (AvgIpc) is 2.78. The van der Waals surface area contributed by atoms with E-state index < -0.39 is 5.97 Å². The summed E-state index contributed by atoms with van der Waals surface area (Å²) >= 11 is 6.97. The van der Waals surface area contributed by atoms with E-state index in [-0.39, 0.29) is 17.3 Å². The Morgan fingerprint density at radius 2 is 2.10 bits per heavy atom. The van der Waals surface area contributed by atoms with Crippen LogP contribution in [0.15, 0.2) is 24.3 Å². The third kappa shape index (κ3) is 3.15. The molecular weight excluding hydrogens is 300 g/mol. The number of carbonyl (C=O) groups is 2. The number of halogens is 1. The molecule has 104 valence electrons. The Labute approximate surface area is 124 Å². The van der Waals surface area contributed by atoms with Gasteiger partial charge in [0.2, 0.25) is 0 Å². The van der Waals surface area contributed by atoms with Gasteiger partial charge in [0.1, 0.15) is 9.88 Å². The van der Waals surface area contributed by atoms with Gasteiger partial charge >= 0.3 is 5.97 Å². The summed E-state index contributed by atoms with van der Waals surface area (Å²) in [5.41, 5.74) is 0.824. The molecule has 20 heavy (non-hydrogen) atoms. The van der Waals surface area contributed by atoms with Crippen molar-refractivity contribution in [1.82, 2.24) is 10.3 Å². The zero-order valence-corrected chi connectivity index (χ0v) is 12.1. The molecule has 0 aliphatic heterocycles. The second-order valence-corrected chi connectivity index (χ2v) is 5.48. The molecule has 0 saturated heterocycles. The minimum Gasteiger partial charge on any atom is -0.477 e. The van der Waals surface area contributed by atoms with Crippen LogP contribution in [-0.4, -0.2) is 22.0 Å². The van der Waals surface area contributed by atoms with E-state index in [0.717, 1.165) is 11.3 Å². The fourth-order valence-corrected chi connectivity index (χ4v) is 2.69. The van der Waals surface area contributed by atoms with Gasteiger partial charge in [-0.25, -0.2) is 9.78 Å². The van der Waals surface area contributed by atoms with Gasteiger partial charge in [0.15, 0.2) is 0 Å². The maximum absolute atomic E-state index is 11.9. The lowest BCUT2D eigenvalue weighted by Gasteiger charge is -2.04. The van der Waals surface area contributed by atoms with E-state index >= 15 is 0 Å². The summed E-state index contributed by atoms with van der Waals surface area (Å²) in [6, 6.07) is 6.71. The first-order chi connectivity index (χ1) is 9.49. The second-order valence-electron chi connectivity index (χ2n) is 3.99. The van der Waals surface area contributed by atoms with Gasteiger partial charge in [-0.15, -0.1) is 11.3 Å². The Bertz CT molecular complexity index is 669. The summed E-state index contributed by atoms with van der Waals surface area (Å²) in [5, 5.41) is 12.5. The van der Waals surface area contributed by atoms with Gasteiger partial charge in [0.25, 0.3) is 5.91 Å². The minimum absolute atomic E-state index is 0.169. The standard InChI is InChI=1S/C13H11ClN2O3S/c1-7-11(13(18)19)20-10(16-7)6-15-12(17)8-4-2-3-5-9(8)14/h2-5H,6H2,1H3,(H,15,17)(H,18,19). The summed E-state index contributed by atoms with van der Waals surface area (Å²) in [4.78, 5) is 27.1. The maximum atomic E-state index is 11.9. The molecule has 2 aromatic rings. The Balaban J connectivity index is 2.06. The first kappa shape index (κ1) is 14.5. The molecule has 0 aliphatic rings. The highest BCUT2D eigenvalue weighted by atomic mass is 35.5. The number of nitrogens with one attached hydrogen (secondary N) is 1. The predicted octanol–water partition coefficient (Wildman–Crippen LogP) is 2.73. The summed E-state index contributed by atoms with van der Waals surface area (Å²) in [6.07, 6.45) is 0. The number of carbonyl (C=O) groups excluding carboxylic acids is 1. The third-order valence-electron chi connectivity index (χ3n) is 2.55. The topological polar surface area (TPSA) is 79.3 Å². The monoisotopic (exact) mass is 310 g/mol. The molecule has 1 aromatic carbocycles. The molecule has 0 unspecified atom stereocenters. The Kier molecular flexibility index (Phi) is 4.36. The lowest BCUT2D eigenvalue weighted by Crippen LogP contribution is -2.22. The van der Waals surface area contributed by atoms with Crippen molar-refractivity contribution in [3.8, 4) is 0 Å². The van der Waals surface area contributed by atoms with Crippen LogP contribution in [0, 0.1) is 6.92 Å². The quantitative estimate of drug-likeness (QED) is 0.910. The van der Waals surface area contributed by atoms with Crippen LogP contribution in [0.1, 0.15) is 30.7 Å². The van der Waals surface area contributed by atoms with Crippen molar-refractivity contribution in [3.63, 3.8) is 0 Å². The van der Waals surface area contributed by atoms with Gasteiger partial charge in [0.05, 0.1) is 22.8 Å². The number of aryl methyl sites for hydroxylation is 1. The molecule has 1 heterocycles. The Hall–Kier alpha value is -1.92. The number of amides is 1. The van der Waals surface area contributed by atoms with Gasteiger partial charge in [-0.05, 0) is 19.1 Å². The lowest BCUT2D eigenvalue weighted by molar-refractivity contribution is 0.0701. The molecule has 2 N–H and O–H groups in total. The highest BCUT2D eigenvalue weighted by Crippen LogP contribution is 2.18. The van der Waals surface area contributed by atoms with Crippen LogP contribution in [0.4, 0.5) is 0 Å². The molecule has 0 radical (unpaired) electrons. The van der Waals surface area contributed by atoms with E-state index in [2.05, 4.69) is 10.3 Å². The van der Waals surface area contributed by atoms with E-state index in [9.17, 15) is 9.59 Å². The maximum Gasteiger partial charge on any atom is 0.347 e. The van der Waals surface area contributed by atoms with Gasteiger partial charge < -0.3 is 10.4 Å². The molecule has 0 aliphatic carbocycles. The largest absolute Gasteiger partial charge is 0.477 e. The molecule has 0 spiro atoms. The van der Waals surface area contributed by atoms with Gasteiger partial charge in [-0.3, -0.25) is 4.79 Å². The first-order valence-electron chi connectivity index (χ1n) is 5.71. The fourth-order valence-electron chi connectivity index (χ4n) is 1.62. The normalized spacial score (nSPS) is 10.3. The number of aromatic carboxylic acids is 1. The second kappa shape index (κ2) is 6.02. The number of rotatable bonds is 4. The summed E-state index contributed by atoms with van der Waals surface area (Å²) < 4.78 is 0. The average molecular weight is 311 g/mol. The van der Waals surface area contributed by atoms with E-state index in [1.165, 1.54) is 0 Å². The molecule has 0 saturated carbocycles. The predicted molar refractivity (Wildman–Crippen MR) is 76.4 cm³/mol. The number of aromatic nitrogens is 1. The van der Waals surface area contributed by atoms with Crippen LogP contribution < -0.4 is 5.32 Å². The highest BCUT2D eigenvalue weighted by Gasteiger charge is 2.15. The Morgan fingerprint density at radius 3 is 2.70 bits per heavy atom. The fraction of sp³-hybridized carbons (Fsp3) is 0.154. The van der Waals surface area contributed by atoms with Crippen LogP contribution >= 0.6 is 22.9 Å². The first-order valence-corrected chi connectivity index (χ1v) is 6.91. The SMILES string of the molecule is Cc1nc(CNC(=O)c2ccccc2Cl)sc1C(=O)O. The van der Waals surface area contributed by atoms with Gasteiger partial charge in [0, 0.05) is 0 Å². The number of benzene rings is 1. The summed E-state index contributed by atoms with van der Waals surface area (Å²) in [7, 11) is 0. The molecule has 2 rings (SSSR count). The van der Waals surface area contributed by atoms with Gasteiger partial charge in [-0.2, -0.15) is 0 Å². The van der Waals surface area contributed by atoms with Crippen LogP contribution in [0.3, 0.4) is 0 Å². The number of carboxylic acids is 1. The Morgan fingerprint density at radius 1 is 1.40 bits per heavy atom. The van der Waals surface area contributed by atoms with Crippen molar-refractivity contribution in [2.75, 3.05) is 0 Å². The van der Waals surface area contributed by atoms with Crippen LogP contribution in [0.5, 0.6) is 0 Å². The molecular formula is C13H11ClN2O3S. The van der Waals surface area contributed by atoms with Crippen molar-refractivity contribution >= 4 is 34.8 Å². The number of hydrogen-bond acceptors (Lipinski definition) is 4. The minimum atomic E-state index is -1.01. The number of thiazole rings is 1. The number of hydrogen-bond donors (Lipinski definition) is 2. The van der Waals surface area contributed by atoms with Crippen molar-refractivity contribution in [3.05, 3.63) is 50.4 Å². The van der Waals surface area contributed by atoms with Gasteiger partial charge in [-0.1, -0.05) is 23.7 Å². The van der Waals surface area contributed by atoms with Crippen LogP contribution in [0.2, 0.25) is 5.02 Å². The number of nitrogens with zero attached hydrogens (tertiary/aromatic N) is 1. The van der Waals surface area contributed by atoms with Crippen LogP contribution in [-0.2, 0) is 6.54 Å². The summed E-state index contributed by atoms with van der Waals surface area (Å²) in [5.74, 6) is -1.33. The summed E-state index contributed by atoms with van der Waals surface area (Å²) in [6.45, 7) is 1.79.